The topological polar surface area (TPSA) is 55.4 Å². The van der Waals surface area contributed by atoms with Crippen molar-refractivity contribution in [2.45, 2.75) is 19.9 Å². The third-order valence-electron chi connectivity index (χ3n) is 1.46. The van der Waals surface area contributed by atoms with E-state index in [4.69, 9.17) is 0 Å². The lowest BCUT2D eigenvalue weighted by Crippen LogP contribution is -2.38. The summed E-state index contributed by atoms with van der Waals surface area (Å²) in [7, 11) is 1.28. The quantitative estimate of drug-likeness (QED) is 0.412. The van der Waals surface area contributed by atoms with Crippen LogP contribution in [0.2, 0.25) is 0 Å². The third-order valence-corrected chi connectivity index (χ3v) is 1.46. The molecular weight excluding hydrogens is 182 g/mol. The van der Waals surface area contributed by atoms with Crippen molar-refractivity contribution < 1.29 is 14.3 Å². The highest BCUT2D eigenvalue weighted by Crippen LogP contribution is 1.86. The van der Waals surface area contributed by atoms with Crippen LogP contribution < -0.4 is 5.32 Å². The fraction of sp³-hybridized carbons (Fsp3) is 0.400. The van der Waals surface area contributed by atoms with Crippen molar-refractivity contribution in [1.82, 2.24) is 5.32 Å². The highest BCUT2D eigenvalue weighted by Gasteiger charge is 2.13. The number of hydrogen-bond donors (Lipinski definition) is 1. The van der Waals surface area contributed by atoms with Crippen LogP contribution in [0.5, 0.6) is 0 Å². The van der Waals surface area contributed by atoms with Crippen LogP contribution >= 0.6 is 0 Å². The fourth-order valence-corrected chi connectivity index (χ4v) is 0.751. The lowest BCUT2D eigenvalue weighted by atomic mass is 10.3. The number of ether oxygens (including phenoxy) is 1. The number of esters is 1. The Balaban J connectivity index is 4.00. The summed E-state index contributed by atoms with van der Waals surface area (Å²) in [4.78, 5) is 22.0. The fourth-order valence-electron chi connectivity index (χ4n) is 0.751. The standard InChI is InChI=1S/C10H15NO3/c1-4-5-6-7-9(12)11-8(2)10(13)14-3/h4-8H,1-3H3,(H,11,12). The first-order valence-corrected chi connectivity index (χ1v) is 4.29. The Labute approximate surface area is 83.6 Å². The van der Waals surface area contributed by atoms with Gasteiger partial charge < -0.3 is 10.1 Å². The molecule has 0 radical (unpaired) electrons. The minimum absolute atomic E-state index is 0.319. The average Bonchev–Trinajstić information content (AvgIpc) is 2.16. The SMILES string of the molecule is CC=CC=CC(=O)NC(C)C(=O)OC. The predicted octanol–water partition coefficient (Wildman–Crippen LogP) is 0.796. The van der Waals surface area contributed by atoms with Crippen LogP contribution in [0.4, 0.5) is 0 Å². The van der Waals surface area contributed by atoms with E-state index in [-0.39, 0.29) is 5.91 Å². The summed E-state index contributed by atoms with van der Waals surface area (Å²) in [5.41, 5.74) is 0. The molecule has 78 valence electrons. The molecule has 0 aliphatic carbocycles. The molecule has 1 N–H and O–H groups in total. The average molecular weight is 197 g/mol. The van der Waals surface area contributed by atoms with Crippen LogP contribution in [0, 0.1) is 0 Å². The molecule has 0 bridgehead atoms. The Bertz CT molecular complexity index is 256. The summed E-state index contributed by atoms with van der Waals surface area (Å²) in [6.45, 7) is 3.41. The summed E-state index contributed by atoms with van der Waals surface area (Å²) < 4.78 is 4.45. The van der Waals surface area contributed by atoms with E-state index in [2.05, 4.69) is 10.1 Å². The van der Waals surface area contributed by atoms with Gasteiger partial charge in [0.2, 0.25) is 5.91 Å². The molecule has 4 heteroatoms. The van der Waals surface area contributed by atoms with Gasteiger partial charge in [0.15, 0.2) is 0 Å². The second-order valence-electron chi connectivity index (χ2n) is 2.64. The zero-order valence-corrected chi connectivity index (χ0v) is 8.61. The molecule has 1 atom stereocenters. The highest BCUT2D eigenvalue weighted by atomic mass is 16.5. The van der Waals surface area contributed by atoms with Gasteiger partial charge in [-0.25, -0.2) is 4.79 Å². The first kappa shape index (κ1) is 12.4. The summed E-state index contributed by atoms with van der Waals surface area (Å²) in [6.07, 6.45) is 6.47. The molecule has 0 aliphatic rings. The molecule has 0 aromatic heterocycles. The van der Waals surface area contributed by atoms with Gasteiger partial charge in [-0.3, -0.25) is 4.79 Å². The first-order valence-electron chi connectivity index (χ1n) is 4.29. The molecule has 0 aromatic rings. The second kappa shape index (κ2) is 6.88. The molecule has 1 amide bonds. The maximum Gasteiger partial charge on any atom is 0.328 e. The van der Waals surface area contributed by atoms with Gasteiger partial charge in [0, 0.05) is 6.08 Å². The normalized spacial score (nSPS) is 13.1. The Morgan fingerprint density at radius 1 is 1.36 bits per heavy atom. The summed E-state index contributed by atoms with van der Waals surface area (Å²) in [5, 5.41) is 2.46. The minimum atomic E-state index is -0.622. The second-order valence-corrected chi connectivity index (χ2v) is 2.64. The lowest BCUT2D eigenvalue weighted by Gasteiger charge is -2.08. The molecule has 14 heavy (non-hydrogen) atoms. The van der Waals surface area contributed by atoms with Crippen LogP contribution in [0.3, 0.4) is 0 Å². The minimum Gasteiger partial charge on any atom is -0.467 e. The Hall–Kier alpha value is -1.58. The van der Waals surface area contributed by atoms with Gasteiger partial charge in [-0.15, -0.1) is 0 Å². The molecule has 0 aromatic carbocycles. The predicted molar refractivity (Wildman–Crippen MR) is 53.6 cm³/mol. The number of allylic oxidation sites excluding steroid dienone is 3. The number of carbonyl (C=O) groups is 2. The van der Waals surface area contributed by atoms with Crippen LogP contribution in [0.25, 0.3) is 0 Å². The maximum atomic E-state index is 11.1. The number of methoxy groups -OCH3 is 1. The largest absolute Gasteiger partial charge is 0.467 e. The first-order chi connectivity index (χ1) is 6.61. The van der Waals surface area contributed by atoms with E-state index in [9.17, 15) is 9.59 Å². The summed E-state index contributed by atoms with van der Waals surface area (Å²) in [6, 6.07) is -0.622. The maximum absolute atomic E-state index is 11.1. The van der Waals surface area contributed by atoms with Crippen molar-refractivity contribution in [3.63, 3.8) is 0 Å². The summed E-state index contributed by atoms with van der Waals surface area (Å²) >= 11 is 0. The van der Waals surface area contributed by atoms with Gasteiger partial charge in [-0.05, 0) is 13.8 Å². The number of nitrogens with one attached hydrogen (secondary N) is 1. The number of hydrogen-bond acceptors (Lipinski definition) is 3. The van der Waals surface area contributed by atoms with Crippen LogP contribution in [0.1, 0.15) is 13.8 Å². The number of amides is 1. The Morgan fingerprint density at radius 3 is 2.50 bits per heavy atom. The van der Waals surface area contributed by atoms with Crippen LogP contribution in [0.15, 0.2) is 24.3 Å². The molecule has 0 fully saturated rings. The molecule has 0 heterocycles. The molecule has 4 nitrogen and oxygen atoms in total. The van der Waals surface area contributed by atoms with Crippen molar-refractivity contribution in [2.24, 2.45) is 0 Å². The van der Waals surface area contributed by atoms with Crippen LogP contribution in [-0.4, -0.2) is 25.0 Å². The molecule has 0 saturated heterocycles. The smallest absolute Gasteiger partial charge is 0.328 e. The van der Waals surface area contributed by atoms with E-state index in [0.717, 1.165) is 0 Å². The zero-order valence-electron chi connectivity index (χ0n) is 8.61. The molecule has 0 aliphatic heterocycles. The van der Waals surface area contributed by atoms with E-state index in [1.165, 1.54) is 13.2 Å². The van der Waals surface area contributed by atoms with Gasteiger partial charge in [-0.2, -0.15) is 0 Å². The number of carbonyl (C=O) groups excluding carboxylic acids is 2. The van der Waals surface area contributed by atoms with Crippen molar-refractivity contribution in [2.75, 3.05) is 7.11 Å². The van der Waals surface area contributed by atoms with Crippen molar-refractivity contribution in [3.05, 3.63) is 24.3 Å². The molecule has 0 rings (SSSR count). The Morgan fingerprint density at radius 2 is 2.00 bits per heavy atom. The highest BCUT2D eigenvalue weighted by molar-refractivity contribution is 5.91. The van der Waals surface area contributed by atoms with Crippen molar-refractivity contribution >= 4 is 11.9 Å². The molecule has 1 unspecified atom stereocenters. The van der Waals surface area contributed by atoms with E-state index in [1.807, 2.05) is 6.92 Å². The van der Waals surface area contributed by atoms with Crippen molar-refractivity contribution in [1.29, 1.82) is 0 Å². The van der Waals surface area contributed by atoms with E-state index < -0.39 is 12.0 Å². The molecular formula is C10H15NO3. The summed E-state index contributed by atoms with van der Waals surface area (Å²) in [5.74, 6) is -0.779. The molecule has 0 saturated carbocycles. The van der Waals surface area contributed by atoms with Crippen LogP contribution in [-0.2, 0) is 14.3 Å². The van der Waals surface area contributed by atoms with E-state index >= 15 is 0 Å². The van der Waals surface area contributed by atoms with Gasteiger partial charge in [0.1, 0.15) is 6.04 Å². The van der Waals surface area contributed by atoms with Crippen molar-refractivity contribution in [3.8, 4) is 0 Å². The number of rotatable bonds is 4. The van der Waals surface area contributed by atoms with Gasteiger partial charge >= 0.3 is 5.97 Å². The van der Waals surface area contributed by atoms with E-state index in [0.29, 0.717) is 0 Å². The van der Waals surface area contributed by atoms with Gasteiger partial charge in [-0.1, -0.05) is 18.2 Å². The zero-order chi connectivity index (χ0) is 11.0. The molecule has 0 spiro atoms. The Kier molecular flexibility index (Phi) is 6.11. The van der Waals surface area contributed by atoms with Gasteiger partial charge in [0.25, 0.3) is 0 Å². The third kappa shape index (κ3) is 5.13. The monoisotopic (exact) mass is 197 g/mol. The van der Waals surface area contributed by atoms with E-state index in [1.54, 1.807) is 25.2 Å². The van der Waals surface area contributed by atoms with Gasteiger partial charge in [0.05, 0.1) is 7.11 Å². The lowest BCUT2D eigenvalue weighted by molar-refractivity contribution is -0.144.